The molecule has 0 fully saturated rings. The van der Waals surface area contributed by atoms with Crippen molar-refractivity contribution in [1.82, 2.24) is 9.94 Å². The molecular weight excluding hydrogens is 80.0 g/mol. The molecule has 0 unspecified atom stereocenters. The summed E-state index contributed by atoms with van der Waals surface area (Å²) in [6.45, 7) is 0. The summed E-state index contributed by atoms with van der Waals surface area (Å²) in [5.41, 5.74) is 0. The van der Waals surface area contributed by atoms with Crippen molar-refractivity contribution in [3.63, 3.8) is 0 Å². The van der Waals surface area contributed by atoms with E-state index in [4.69, 9.17) is 5.21 Å². The summed E-state index contributed by atoms with van der Waals surface area (Å²) in [6.07, 6.45) is 2.94. The number of hydrogen-bond acceptors (Lipinski definition) is 2. The molecule has 0 aromatic carbocycles. The molecule has 6 heavy (non-hydrogen) atoms. The van der Waals surface area contributed by atoms with Gasteiger partial charge in [0.05, 0.1) is 12.4 Å². The minimum atomic E-state index is 0.750. The number of rotatable bonds is 0. The summed E-state index contributed by atoms with van der Waals surface area (Å²) in [4.78, 5) is 0.750. The average molecular weight is 84.1 g/mol. The highest BCUT2D eigenvalue weighted by atomic mass is 16.5. The van der Waals surface area contributed by atoms with Crippen LogP contribution >= 0.6 is 0 Å². The number of aromatic nitrogens is 2. The minimum Gasteiger partial charge on any atom is -0.412 e. The lowest BCUT2D eigenvalue weighted by Crippen LogP contribution is -1.86. The van der Waals surface area contributed by atoms with Crippen molar-refractivity contribution >= 4 is 0 Å². The fraction of sp³-hybridized carbons (Fsp3) is 0. The molecule has 0 bridgehead atoms. The zero-order valence-corrected chi connectivity index (χ0v) is 3.07. The second kappa shape index (κ2) is 1.01. The smallest absolute Gasteiger partial charge is 0.0664 e. The van der Waals surface area contributed by atoms with Crippen LogP contribution in [0.1, 0.15) is 0 Å². The zero-order valence-electron chi connectivity index (χ0n) is 3.07. The highest BCUT2D eigenvalue weighted by Crippen LogP contribution is 1.72. The van der Waals surface area contributed by atoms with E-state index >= 15 is 0 Å². The van der Waals surface area contributed by atoms with E-state index in [1.54, 1.807) is 6.07 Å². The quantitative estimate of drug-likeness (QED) is 0.453. The van der Waals surface area contributed by atoms with Crippen LogP contribution in [0.5, 0.6) is 0 Å². The van der Waals surface area contributed by atoms with Gasteiger partial charge in [0.15, 0.2) is 0 Å². The van der Waals surface area contributed by atoms with Gasteiger partial charge in [0.2, 0.25) is 0 Å². The third kappa shape index (κ3) is 0.337. The molecule has 0 aliphatic carbocycles. The van der Waals surface area contributed by atoms with Crippen LogP contribution in [-0.2, 0) is 0 Å². The maximum Gasteiger partial charge on any atom is 0.0664 e. The van der Waals surface area contributed by atoms with Crippen molar-refractivity contribution in [2.45, 2.75) is 0 Å². The largest absolute Gasteiger partial charge is 0.412 e. The molecule has 1 aromatic rings. The third-order valence-electron chi connectivity index (χ3n) is 0.490. The van der Waals surface area contributed by atoms with Gasteiger partial charge in [0.1, 0.15) is 0 Å². The Hall–Kier alpha value is -0.990. The van der Waals surface area contributed by atoms with Gasteiger partial charge < -0.3 is 5.21 Å². The van der Waals surface area contributed by atoms with Crippen molar-refractivity contribution in [2.75, 3.05) is 0 Å². The van der Waals surface area contributed by atoms with E-state index in [9.17, 15) is 0 Å². The van der Waals surface area contributed by atoms with Gasteiger partial charge in [0.25, 0.3) is 0 Å². The van der Waals surface area contributed by atoms with Crippen molar-refractivity contribution in [3.8, 4) is 0 Å². The Balaban J connectivity index is 3.05. The van der Waals surface area contributed by atoms with E-state index in [0.29, 0.717) is 0 Å². The number of nitrogens with zero attached hydrogens (tertiary/aromatic N) is 2. The summed E-state index contributed by atoms with van der Waals surface area (Å²) < 4.78 is 0. The van der Waals surface area contributed by atoms with E-state index in [1.807, 2.05) is 0 Å². The lowest BCUT2D eigenvalue weighted by molar-refractivity contribution is 0.149. The van der Waals surface area contributed by atoms with Crippen molar-refractivity contribution in [1.29, 1.82) is 0 Å². The number of hydrogen-bond donors (Lipinski definition) is 1. The molecule has 1 rings (SSSR count). The molecule has 1 heterocycles. The maximum atomic E-state index is 8.28. The van der Waals surface area contributed by atoms with Gasteiger partial charge in [-0.3, -0.25) is 0 Å². The van der Waals surface area contributed by atoms with Gasteiger partial charge in [-0.15, -0.1) is 9.94 Å². The highest BCUT2D eigenvalue weighted by Gasteiger charge is 1.71. The van der Waals surface area contributed by atoms with Crippen LogP contribution in [-0.4, -0.2) is 15.2 Å². The Morgan fingerprint density at radius 1 is 1.67 bits per heavy atom. The Bertz CT molecular complexity index is 112. The maximum absolute atomic E-state index is 8.28. The van der Waals surface area contributed by atoms with E-state index in [1.165, 1.54) is 12.4 Å². The van der Waals surface area contributed by atoms with Crippen LogP contribution in [0.3, 0.4) is 0 Å². The van der Waals surface area contributed by atoms with Gasteiger partial charge in [-0.1, -0.05) is 0 Å². The van der Waals surface area contributed by atoms with Crippen LogP contribution < -0.4 is 0 Å². The lowest BCUT2D eigenvalue weighted by atomic mass is 10.8. The molecule has 0 radical (unpaired) electrons. The summed E-state index contributed by atoms with van der Waals surface area (Å²) in [7, 11) is 0. The fourth-order valence-electron chi connectivity index (χ4n) is 0.261. The molecule has 0 saturated heterocycles. The highest BCUT2D eigenvalue weighted by molar-refractivity contribution is 4.74. The Morgan fingerprint density at radius 2 is 2.50 bits per heavy atom. The summed E-state index contributed by atoms with van der Waals surface area (Å²) >= 11 is 0. The second-order valence-corrected chi connectivity index (χ2v) is 0.926. The second-order valence-electron chi connectivity index (χ2n) is 0.926. The SMILES string of the molecule is On1cccn1. The van der Waals surface area contributed by atoms with E-state index in [-0.39, 0.29) is 0 Å². The molecule has 0 amide bonds. The van der Waals surface area contributed by atoms with Crippen LogP contribution in [0.25, 0.3) is 0 Å². The van der Waals surface area contributed by atoms with Gasteiger partial charge in [-0.2, -0.15) is 0 Å². The zero-order chi connectivity index (χ0) is 4.41. The summed E-state index contributed by atoms with van der Waals surface area (Å²) in [5.74, 6) is 0. The molecule has 0 atom stereocenters. The van der Waals surface area contributed by atoms with Crippen molar-refractivity contribution in [2.24, 2.45) is 0 Å². The molecule has 0 spiro atoms. The topological polar surface area (TPSA) is 38.0 Å². The molecular formula is C3H4N2O. The molecule has 0 saturated carbocycles. The van der Waals surface area contributed by atoms with Crippen LogP contribution in [0.2, 0.25) is 0 Å². The first kappa shape index (κ1) is 3.21. The Morgan fingerprint density at radius 3 is 2.67 bits per heavy atom. The van der Waals surface area contributed by atoms with E-state index in [2.05, 4.69) is 5.10 Å². The van der Waals surface area contributed by atoms with E-state index in [0.717, 1.165) is 4.85 Å². The van der Waals surface area contributed by atoms with Gasteiger partial charge in [0, 0.05) is 0 Å². The molecule has 0 aliphatic rings. The van der Waals surface area contributed by atoms with E-state index < -0.39 is 0 Å². The van der Waals surface area contributed by atoms with Crippen LogP contribution in [0, 0.1) is 0 Å². The third-order valence-corrected chi connectivity index (χ3v) is 0.490. The summed E-state index contributed by atoms with van der Waals surface area (Å²) in [5, 5.41) is 11.7. The molecule has 32 valence electrons. The van der Waals surface area contributed by atoms with Gasteiger partial charge in [-0.25, -0.2) is 0 Å². The normalized spacial score (nSPS) is 8.67. The summed E-state index contributed by atoms with van der Waals surface area (Å²) in [6, 6.07) is 1.64. The van der Waals surface area contributed by atoms with Crippen LogP contribution in [0.15, 0.2) is 18.5 Å². The molecule has 3 nitrogen and oxygen atoms in total. The Labute approximate surface area is 34.8 Å². The Kier molecular flexibility index (Phi) is 0.538. The minimum absolute atomic E-state index is 0.750. The first-order valence-corrected chi connectivity index (χ1v) is 1.58. The molecule has 1 N–H and O–H groups in total. The first-order chi connectivity index (χ1) is 2.89. The predicted octanol–water partition coefficient (Wildman–Crippen LogP) is 0.120. The monoisotopic (exact) mass is 84.0 g/mol. The van der Waals surface area contributed by atoms with Crippen molar-refractivity contribution < 1.29 is 5.21 Å². The molecule has 1 aromatic heterocycles. The predicted molar refractivity (Wildman–Crippen MR) is 19.4 cm³/mol. The standard InChI is InChI=1S/C3H4N2O/c6-5-3-1-2-4-5/h1-3,6H. The van der Waals surface area contributed by atoms with Gasteiger partial charge in [-0.05, 0) is 6.07 Å². The molecule has 3 heteroatoms. The average Bonchev–Trinajstić information content (AvgIpc) is 1.86. The van der Waals surface area contributed by atoms with Gasteiger partial charge >= 0.3 is 0 Å². The molecule has 0 aliphatic heterocycles. The van der Waals surface area contributed by atoms with Crippen molar-refractivity contribution in [3.05, 3.63) is 18.5 Å². The first-order valence-electron chi connectivity index (χ1n) is 1.58. The van der Waals surface area contributed by atoms with Crippen LogP contribution in [0.4, 0.5) is 0 Å². The lowest BCUT2D eigenvalue weighted by Gasteiger charge is -1.76. The fourth-order valence-corrected chi connectivity index (χ4v) is 0.261.